The topological polar surface area (TPSA) is 48.8 Å². The van der Waals surface area contributed by atoms with Crippen molar-refractivity contribution in [2.45, 2.75) is 18.3 Å². The molecule has 20 heavy (non-hydrogen) atoms. The lowest BCUT2D eigenvalue weighted by Crippen LogP contribution is -2.33. The van der Waals surface area contributed by atoms with E-state index in [9.17, 15) is 13.2 Å². The summed E-state index contributed by atoms with van der Waals surface area (Å²) in [4.78, 5) is 4.13. The summed E-state index contributed by atoms with van der Waals surface area (Å²) in [7, 11) is 0. The molecule has 2 N–H and O–H groups in total. The maximum atomic E-state index is 11.9. The molecule has 0 spiro atoms. The molecule has 0 bridgehead atoms. The molecule has 1 aromatic heterocycles. The number of aromatic nitrogens is 1. The average Bonchev–Trinajstić information content (AvgIpc) is 2.33. The fraction of sp³-hybridized carbons (Fsp3) is 0.455. The van der Waals surface area contributed by atoms with Gasteiger partial charge in [0, 0.05) is 24.1 Å². The van der Waals surface area contributed by atoms with E-state index in [4.69, 9.17) is 5.41 Å². The lowest BCUT2D eigenvalue weighted by atomic mass is 10.4. The van der Waals surface area contributed by atoms with Crippen LogP contribution >= 0.6 is 36.6 Å². The average molecular weight is 350 g/mol. The van der Waals surface area contributed by atoms with Gasteiger partial charge in [0.2, 0.25) is 0 Å². The maximum absolute atomic E-state index is 11.9. The Labute approximate surface area is 132 Å². The van der Waals surface area contributed by atoms with E-state index in [0.29, 0.717) is 17.9 Å². The van der Waals surface area contributed by atoms with Crippen molar-refractivity contribution in [3.05, 3.63) is 30.1 Å². The zero-order valence-corrected chi connectivity index (χ0v) is 12.9. The molecule has 0 unspecified atom stereocenters. The van der Waals surface area contributed by atoms with Gasteiger partial charge in [-0.15, -0.1) is 24.8 Å². The van der Waals surface area contributed by atoms with Gasteiger partial charge in [-0.25, -0.2) is 0 Å². The van der Waals surface area contributed by atoms with E-state index in [2.05, 4.69) is 10.3 Å². The van der Waals surface area contributed by atoms with Crippen LogP contribution < -0.4 is 5.32 Å². The lowest BCUT2D eigenvalue weighted by Gasteiger charge is -2.10. The number of hydrogen-bond donors (Lipinski definition) is 2. The van der Waals surface area contributed by atoms with E-state index in [0.717, 1.165) is 5.69 Å². The second kappa shape index (κ2) is 11.0. The summed E-state index contributed by atoms with van der Waals surface area (Å²) in [6, 6.07) is 5.60. The van der Waals surface area contributed by atoms with E-state index in [1.807, 2.05) is 18.2 Å². The Morgan fingerprint density at radius 2 is 2.00 bits per heavy atom. The highest BCUT2D eigenvalue weighted by Crippen LogP contribution is 2.13. The van der Waals surface area contributed by atoms with E-state index >= 15 is 0 Å². The molecule has 3 nitrogen and oxygen atoms in total. The number of halogens is 5. The second-order valence-electron chi connectivity index (χ2n) is 3.57. The Morgan fingerprint density at radius 1 is 1.30 bits per heavy atom. The number of alkyl halides is 3. The van der Waals surface area contributed by atoms with Gasteiger partial charge in [-0.3, -0.25) is 10.4 Å². The Bertz CT molecular complexity index is 377. The van der Waals surface area contributed by atoms with E-state index < -0.39 is 12.7 Å². The highest BCUT2D eigenvalue weighted by molar-refractivity contribution is 7.98. The molecule has 0 amide bonds. The molecule has 0 saturated carbocycles. The summed E-state index contributed by atoms with van der Waals surface area (Å²) < 4.78 is 35.6. The fourth-order valence-electron chi connectivity index (χ4n) is 1.13. The predicted molar refractivity (Wildman–Crippen MR) is 81.3 cm³/mol. The summed E-state index contributed by atoms with van der Waals surface area (Å²) in [5.74, 6) is 1.22. The van der Waals surface area contributed by atoms with Crippen LogP contribution in [-0.4, -0.2) is 29.3 Å². The molecule has 9 heteroatoms. The van der Waals surface area contributed by atoms with Crippen LogP contribution in [0.1, 0.15) is 12.1 Å². The summed E-state index contributed by atoms with van der Waals surface area (Å²) in [6.07, 6.45) is -2.27. The van der Waals surface area contributed by atoms with Crippen LogP contribution in [0.4, 0.5) is 13.2 Å². The van der Waals surface area contributed by atoms with Crippen molar-refractivity contribution in [2.24, 2.45) is 0 Å². The first kappa shape index (κ1) is 21.6. The number of nitrogens with one attached hydrogen (secondary N) is 2. The van der Waals surface area contributed by atoms with Gasteiger partial charge in [-0.1, -0.05) is 6.07 Å². The third-order valence-corrected chi connectivity index (χ3v) is 2.97. The largest absolute Gasteiger partial charge is 0.405 e. The molecular weight excluding hydrogens is 334 g/mol. The van der Waals surface area contributed by atoms with Crippen LogP contribution in [0.25, 0.3) is 0 Å². The van der Waals surface area contributed by atoms with Crippen molar-refractivity contribution in [2.75, 3.05) is 12.3 Å². The van der Waals surface area contributed by atoms with Crippen molar-refractivity contribution in [1.29, 1.82) is 5.41 Å². The molecule has 0 aromatic carbocycles. The van der Waals surface area contributed by atoms with Gasteiger partial charge in [-0.05, 0) is 12.1 Å². The minimum atomic E-state index is -4.27. The van der Waals surface area contributed by atoms with Crippen LogP contribution in [0.5, 0.6) is 0 Å². The van der Waals surface area contributed by atoms with Crippen LogP contribution in [0.2, 0.25) is 0 Å². The molecule has 0 radical (unpaired) electrons. The maximum Gasteiger partial charge on any atom is 0.405 e. The molecule has 0 aliphatic carbocycles. The Hall–Kier alpha value is -0.660. The normalized spacial score (nSPS) is 10.2. The van der Waals surface area contributed by atoms with Gasteiger partial charge in [0.05, 0.1) is 11.5 Å². The summed E-state index contributed by atoms with van der Waals surface area (Å²) >= 11 is 1.54. The van der Waals surface area contributed by atoms with Crippen LogP contribution in [0, 0.1) is 5.41 Å². The smallest absolute Gasteiger partial charge is 0.365 e. The van der Waals surface area contributed by atoms with E-state index in [-0.39, 0.29) is 30.6 Å². The molecule has 0 fully saturated rings. The van der Waals surface area contributed by atoms with E-state index in [1.165, 1.54) is 0 Å². The van der Waals surface area contributed by atoms with Gasteiger partial charge in [0.25, 0.3) is 0 Å². The number of hydrogen-bond acceptors (Lipinski definition) is 3. The third kappa shape index (κ3) is 11.2. The first-order valence-corrected chi connectivity index (χ1v) is 6.48. The predicted octanol–water partition coefficient (Wildman–Crippen LogP) is 3.68. The summed E-state index contributed by atoms with van der Waals surface area (Å²) in [5, 5.41) is 9.36. The first-order chi connectivity index (χ1) is 8.47. The van der Waals surface area contributed by atoms with Crippen molar-refractivity contribution in [3.63, 3.8) is 0 Å². The summed E-state index contributed by atoms with van der Waals surface area (Å²) in [6.45, 7) is -1.14. The monoisotopic (exact) mass is 349 g/mol. The van der Waals surface area contributed by atoms with Crippen molar-refractivity contribution in [1.82, 2.24) is 10.3 Å². The molecule has 116 valence electrons. The minimum absolute atomic E-state index is 0. The zero-order valence-electron chi connectivity index (χ0n) is 10.4. The number of nitrogens with zero attached hydrogens (tertiary/aromatic N) is 1. The molecule has 0 saturated heterocycles. The Morgan fingerprint density at radius 3 is 2.55 bits per heavy atom. The van der Waals surface area contributed by atoms with Gasteiger partial charge in [0.1, 0.15) is 6.54 Å². The molecule has 0 aliphatic rings. The quantitative estimate of drug-likeness (QED) is 0.468. The number of rotatable bonds is 6. The third-order valence-electron chi connectivity index (χ3n) is 1.97. The zero-order chi connectivity index (χ0) is 13.4. The molecule has 0 atom stereocenters. The second-order valence-corrected chi connectivity index (χ2v) is 4.68. The van der Waals surface area contributed by atoms with Crippen LogP contribution in [0.15, 0.2) is 24.4 Å². The van der Waals surface area contributed by atoms with Gasteiger partial charge in [-0.2, -0.15) is 24.9 Å². The van der Waals surface area contributed by atoms with Crippen molar-refractivity contribution >= 4 is 42.4 Å². The standard InChI is InChI=1S/C11H14F3N3S.2ClH/c12-11(13,14)8-17-10(15)4-6-18-7-9-3-1-2-5-16-9;;/h1-3,5H,4,6-8H2,(H2,15,17);2*1H. The minimum Gasteiger partial charge on any atom is -0.365 e. The van der Waals surface area contributed by atoms with Crippen LogP contribution in [-0.2, 0) is 5.75 Å². The van der Waals surface area contributed by atoms with Gasteiger partial charge >= 0.3 is 6.18 Å². The number of amidine groups is 1. The Kier molecular flexibility index (Phi) is 12.0. The van der Waals surface area contributed by atoms with E-state index in [1.54, 1.807) is 18.0 Å². The summed E-state index contributed by atoms with van der Waals surface area (Å²) in [5.41, 5.74) is 0.928. The highest BCUT2D eigenvalue weighted by Gasteiger charge is 2.26. The number of pyridine rings is 1. The number of thioether (sulfide) groups is 1. The molecular formula is C11H16Cl2F3N3S. The fourth-order valence-corrected chi connectivity index (χ4v) is 2.00. The lowest BCUT2D eigenvalue weighted by molar-refractivity contribution is -0.122. The highest BCUT2D eigenvalue weighted by atomic mass is 35.5. The van der Waals surface area contributed by atoms with Gasteiger partial charge in [0.15, 0.2) is 0 Å². The first-order valence-electron chi connectivity index (χ1n) is 5.33. The van der Waals surface area contributed by atoms with Crippen LogP contribution in [0.3, 0.4) is 0 Å². The molecule has 1 rings (SSSR count). The van der Waals surface area contributed by atoms with Crippen molar-refractivity contribution in [3.8, 4) is 0 Å². The SMILES string of the molecule is Cl.Cl.N=C(CCSCc1ccccn1)NCC(F)(F)F. The van der Waals surface area contributed by atoms with Crippen molar-refractivity contribution < 1.29 is 13.2 Å². The molecule has 1 heterocycles. The molecule has 0 aliphatic heterocycles. The van der Waals surface area contributed by atoms with Gasteiger partial charge < -0.3 is 5.32 Å². The Balaban J connectivity index is 0. The molecule has 1 aromatic rings.